The van der Waals surface area contributed by atoms with Crippen molar-refractivity contribution in [2.45, 2.75) is 45.4 Å². The van der Waals surface area contributed by atoms with Gasteiger partial charge in [-0.15, -0.1) is 0 Å². The number of benzene rings is 1. The molecule has 2 atom stereocenters. The summed E-state index contributed by atoms with van der Waals surface area (Å²) in [4.78, 5) is 6.80. The molecule has 1 saturated heterocycles. The zero-order valence-corrected chi connectivity index (χ0v) is 16.8. The van der Waals surface area contributed by atoms with Gasteiger partial charge in [-0.05, 0) is 39.8 Å². The molecule has 1 heterocycles. The molecule has 2 unspecified atom stereocenters. The Labute approximate surface area is 158 Å². The number of aliphatic imine (C=N–C) groups is 1. The smallest absolute Gasteiger partial charge is 0.191 e. The summed E-state index contributed by atoms with van der Waals surface area (Å²) in [7, 11) is 1.79. The van der Waals surface area contributed by atoms with Crippen LogP contribution in [0.2, 0.25) is 0 Å². The van der Waals surface area contributed by atoms with Crippen molar-refractivity contribution < 1.29 is 9.47 Å². The third-order valence-electron chi connectivity index (χ3n) is 4.59. The van der Waals surface area contributed by atoms with Gasteiger partial charge in [0.1, 0.15) is 12.4 Å². The van der Waals surface area contributed by atoms with Crippen LogP contribution in [0.1, 0.15) is 27.7 Å². The van der Waals surface area contributed by atoms with Crippen LogP contribution in [0.3, 0.4) is 0 Å². The van der Waals surface area contributed by atoms with Crippen LogP contribution in [0.4, 0.5) is 0 Å². The summed E-state index contributed by atoms with van der Waals surface area (Å²) < 4.78 is 11.5. The van der Waals surface area contributed by atoms with Gasteiger partial charge in [-0.3, -0.25) is 9.89 Å². The van der Waals surface area contributed by atoms with E-state index in [2.05, 4.69) is 48.2 Å². The van der Waals surface area contributed by atoms with E-state index in [0.717, 1.165) is 31.3 Å². The summed E-state index contributed by atoms with van der Waals surface area (Å²) in [5.41, 5.74) is 0.0183. The highest BCUT2D eigenvalue weighted by atomic mass is 16.5. The van der Waals surface area contributed by atoms with Crippen molar-refractivity contribution in [1.29, 1.82) is 0 Å². The third-order valence-corrected chi connectivity index (χ3v) is 4.59. The van der Waals surface area contributed by atoms with Crippen molar-refractivity contribution in [2.75, 3.05) is 39.8 Å². The van der Waals surface area contributed by atoms with E-state index >= 15 is 0 Å². The Morgan fingerprint density at radius 3 is 2.46 bits per heavy atom. The Bertz CT molecular complexity index is 552. The van der Waals surface area contributed by atoms with Crippen molar-refractivity contribution in [1.82, 2.24) is 15.5 Å². The number of para-hydroxylation sites is 1. The molecule has 0 saturated carbocycles. The van der Waals surface area contributed by atoms with Crippen LogP contribution in [-0.4, -0.2) is 68.4 Å². The minimum absolute atomic E-state index is 0.0183. The highest BCUT2D eigenvalue weighted by molar-refractivity contribution is 5.79. The van der Waals surface area contributed by atoms with E-state index in [1.54, 1.807) is 7.05 Å². The molecule has 0 spiro atoms. The predicted octanol–water partition coefficient (Wildman–Crippen LogP) is 2.12. The number of rotatable bonds is 7. The molecule has 6 heteroatoms. The van der Waals surface area contributed by atoms with Crippen molar-refractivity contribution in [3.63, 3.8) is 0 Å². The molecule has 26 heavy (non-hydrogen) atoms. The molecule has 1 aliphatic rings. The second kappa shape index (κ2) is 9.78. The molecule has 1 aromatic carbocycles. The van der Waals surface area contributed by atoms with Gasteiger partial charge in [0.25, 0.3) is 0 Å². The summed E-state index contributed by atoms with van der Waals surface area (Å²) in [6.07, 6.45) is 0.538. The van der Waals surface area contributed by atoms with Crippen molar-refractivity contribution >= 4 is 5.96 Å². The van der Waals surface area contributed by atoms with Crippen LogP contribution in [0.15, 0.2) is 35.3 Å². The van der Waals surface area contributed by atoms with Gasteiger partial charge >= 0.3 is 0 Å². The SMILES string of the molecule is CN=C(NCCOc1ccccc1)NCC(C)(C)N1CC(C)OC(C)C1. The zero-order chi connectivity index (χ0) is 19.0. The highest BCUT2D eigenvalue weighted by Gasteiger charge is 2.33. The van der Waals surface area contributed by atoms with E-state index < -0.39 is 0 Å². The summed E-state index contributed by atoms with van der Waals surface area (Å²) in [6, 6.07) is 9.84. The van der Waals surface area contributed by atoms with Crippen LogP contribution in [0.25, 0.3) is 0 Å². The Hall–Kier alpha value is -1.79. The van der Waals surface area contributed by atoms with Gasteiger partial charge in [0.2, 0.25) is 0 Å². The molecule has 0 bridgehead atoms. The average molecular weight is 363 g/mol. The summed E-state index contributed by atoms with van der Waals surface area (Å²) in [5.74, 6) is 1.68. The molecular formula is C20H34N4O2. The van der Waals surface area contributed by atoms with E-state index in [-0.39, 0.29) is 17.7 Å². The number of hydrogen-bond donors (Lipinski definition) is 2. The van der Waals surface area contributed by atoms with Crippen LogP contribution in [0, 0.1) is 0 Å². The Kier molecular flexibility index (Phi) is 7.72. The van der Waals surface area contributed by atoms with E-state index in [1.165, 1.54) is 0 Å². The second-order valence-electron chi connectivity index (χ2n) is 7.49. The fourth-order valence-electron chi connectivity index (χ4n) is 3.16. The summed E-state index contributed by atoms with van der Waals surface area (Å²) in [6.45, 7) is 12.8. The molecule has 0 amide bonds. The average Bonchev–Trinajstić information content (AvgIpc) is 2.61. The van der Waals surface area contributed by atoms with Gasteiger partial charge in [-0.1, -0.05) is 18.2 Å². The maximum atomic E-state index is 5.85. The van der Waals surface area contributed by atoms with Crippen molar-refractivity contribution in [2.24, 2.45) is 4.99 Å². The molecule has 1 fully saturated rings. The monoisotopic (exact) mass is 362 g/mol. The van der Waals surface area contributed by atoms with Gasteiger partial charge < -0.3 is 20.1 Å². The van der Waals surface area contributed by atoms with Crippen LogP contribution >= 0.6 is 0 Å². The Balaban J connectivity index is 1.73. The van der Waals surface area contributed by atoms with Gasteiger partial charge in [-0.25, -0.2) is 0 Å². The van der Waals surface area contributed by atoms with E-state index in [0.29, 0.717) is 13.2 Å². The van der Waals surface area contributed by atoms with Gasteiger partial charge in [-0.2, -0.15) is 0 Å². The molecule has 1 aliphatic heterocycles. The first-order valence-corrected chi connectivity index (χ1v) is 9.43. The van der Waals surface area contributed by atoms with E-state index in [1.807, 2.05) is 30.3 Å². The lowest BCUT2D eigenvalue weighted by molar-refractivity contribution is -0.0946. The normalized spacial score (nSPS) is 22.1. The number of hydrogen-bond acceptors (Lipinski definition) is 4. The number of nitrogens with zero attached hydrogens (tertiary/aromatic N) is 2. The maximum Gasteiger partial charge on any atom is 0.191 e. The number of guanidine groups is 1. The van der Waals surface area contributed by atoms with Crippen LogP contribution in [0.5, 0.6) is 5.75 Å². The fraction of sp³-hybridized carbons (Fsp3) is 0.650. The minimum Gasteiger partial charge on any atom is -0.492 e. The van der Waals surface area contributed by atoms with Gasteiger partial charge in [0, 0.05) is 32.2 Å². The first kappa shape index (κ1) is 20.5. The molecule has 6 nitrogen and oxygen atoms in total. The summed E-state index contributed by atoms with van der Waals surface area (Å²) >= 11 is 0. The molecule has 0 radical (unpaired) electrons. The largest absolute Gasteiger partial charge is 0.492 e. The van der Waals surface area contributed by atoms with E-state index in [4.69, 9.17) is 9.47 Å². The standard InChI is InChI=1S/C20H34N4O2/c1-16-13-24(14-17(2)26-16)20(3,4)15-23-19(21-5)22-11-12-25-18-9-7-6-8-10-18/h6-10,16-17H,11-15H2,1-5H3,(H2,21,22,23). The number of nitrogens with one attached hydrogen (secondary N) is 2. The molecule has 1 aromatic rings. The molecular weight excluding hydrogens is 328 g/mol. The summed E-state index contributed by atoms with van der Waals surface area (Å²) in [5, 5.41) is 6.74. The topological polar surface area (TPSA) is 58.1 Å². The second-order valence-corrected chi connectivity index (χ2v) is 7.49. The molecule has 0 aliphatic carbocycles. The molecule has 2 rings (SSSR count). The maximum absolute atomic E-state index is 5.85. The minimum atomic E-state index is 0.0183. The highest BCUT2D eigenvalue weighted by Crippen LogP contribution is 2.20. The fourth-order valence-corrected chi connectivity index (χ4v) is 3.16. The first-order chi connectivity index (χ1) is 12.4. The number of morpholine rings is 1. The zero-order valence-electron chi connectivity index (χ0n) is 16.8. The lowest BCUT2D eigenvalue weighted by Crippen LogP contribution is -2.59. The number of ether oxygens (including phenoxy) is 2. The van der Waals surface area contributed by atoms with Crippen molar-refractivity contribution in [3.8, 4) is 5.75 Å². The molecule has 146 valence electrons. The predicted molar refractivity (Wildman–Crippen MR) is 107 cm³/mol. The lowest BCUT2D eigenvalue weighted by atomic mass is 10.00. The van der Waals surface area contributed by atoms with E-state index in [9.17, 15) is 0 Å². The first-order valence-electron chi connectivity index (χ1n) is 9.43. The van der Waals surface area contributed by atoms with Crippen LogP contribution in [-0.2, 0) is 4.74 Å². The Morgan fingerprint density at radius 2 is 1.85 bits per heavy atom. The quantitative estimate of drug-likeness (QED) is 0.442. The molecule has 0 aromatic heterocycles. The third kappa shape index (κ3) is 6.50. The lowest BCUT2D eigenvalue weighted by Gasteiger charge is -2.45. The van der Waals surface area contributed by atoms with Crippen LogP contribution < -0.4 is 15.4 Å². The van der Waals surface area contributed by atoms with Crippen molar-refractivity contribution in [3.05, 3.63) is 30.3 Å². The Morgan fingerprint density at radius 1 is 1.19 bits per heavy atom. The van der Waals surface area contributed by atoms with Gasteiger partial charge in [0.05, 0.1) is 18.8 Å². The van der Waals surface area contributed by atoms with Gasteiger partial charge in [0.15, 0.2) is 5.96 Å². The molecule has 2 N–H and O–H groups in total.